The van der Waals surface area contributed by atoms with Gasteiger partial charge >= 0.3 is 0 Å². The van der Waals surface area contributed by atoms with Gasteiger partial charge in [0, 0.05) is 17.7 Å². The summed E-state index contributed by atoms with van der Waals surface area (Å²) in [6.07, 6.45) is 4.36. The van der Waals surface area contributed by atoms with Crippen molar-refractivity contribution >= 4 is 5.52 Å². The van der Waals surface area contributed by atoms with Gasteiger partial charge in [-0.15, -0.1) is 0 Å². The highest BCUT2D eigenvalue weighted by molar-refractivity contribution is 5.59. The molecule has 0 unspecified atom stereocenters. The molecule has 3 nitrogen and oxygen atoms in total. The number of nitrogens with zero attached hydrogens (tertiary/aromatic N) is 3. The molecule has 0 atom stereocenters. The Hall–Kier alpha value is -1.38. The van der Waals surface area contributed by atoms with E-state index < -0.39 is 0 Å². The number of hydrogen-bond acceptors (Lipinski definition) is 2. The molecule has 84 valence electrons. The van der Waals surface area contributed by atoms with Crippen LogP contribution < -0.4 is 0 Å². The molecular weight excluding hydrogens is 198 g/mol. The maximum atomic E-state index is 4.65. The summed E-state index contributed by atoms with van der Waals surface area (Å²) in [4.78, 5) is 0. The molecule has 1 aliphatic rings. The Kier molecular flexibility index (Phi) is 1.88. The monoisotopic (exact) mass is 215 g/mol. The van der Waals surface area contributed by atoms with E-state index in [1.54, 1.807) is 10.8 Å². The van der Waals surface area contributed by atoms with Crippen molar-refractivity contribution < 1.29 is 0 Å². The van der Waals surface area contributed by atoms with Crippen molar-refractivity contribution in [2.45, 2.75) is 44.9 Å². The Labute approximate surface area is 95.5 Å². The molecule has 16 heavy (non-hydrogen) atoms. The molecule has 1 saturated carbocycles. The van der Waals surface area contributed by atoms with Gasteiger partial charge in [-0.05, 0) is 30.4 Å². The molecule has 1 aliphatic carbocycles. The first kappa shape index (κ1) is 9.82. The van der Waals surface area contributed by atoms with E-state index >= 15 is 0 Å². The summed E-state index contributed by atoms with van der Waals surface area (Å²) >= 11 is 0. The Morgan fingerprint density at radius 3 is 2.69 bits per heavy atom. The van der Waals surface area contributed by atoms with Crippen LogP contribution in [0.1, 0.15) is 50.8 Å². The lowest BCUT2D eigenvalue weighted by Gasteiger charge is -2.19. The number of rotatable bonds is 1. The van der Waals surface area contributed by atoms with Crippen LogP contribution in [0.2, 0.25) is 0 Å². The topological polar surface area (TPSA) is 30.2 Å². The highest BCUT2D eigenvalue weighted by Gasteiger charge is 2.34. The van der Waals surface area contributed by atoms with Crippen LogP contribution in [0.4, 0.5) is 0 Å². The molecule has 0 saturated heterocycles. The first-order valence-corrected chi connectivity index (χ1v) is 5.92. The minimum Gasteiger partial charge on any atom is -0.159 e. The van der Waals surface area contributed by atoms with E-state index in [4.69, 9.17) is 0 Å². The van der Waals surface area contributed by atoms with Crippen molar-refractivity contribution in [1.82, 2.24) is 14.8 Å². The predicted molar refractivity (Wildman–Crippen MR) is 63.7 cm³/mol. The minimum absolute atomic E-state index is 0.142. The van der Waals surface area contributed by atoms with Crippen molar-refractivity contribution in [2.24, 2.45) is 0 Å². The van der Waals surface area contributed by atoms with E-state index in [2.05, 4.69) is 37.0 Å². The molecule has 0 spiro atoms. The van der Waals surface area contributed by atoms with Gasteiger partial charge in [-0.3, -0.25) is 0 Å². The van der Waals surface area contributed by atoms with Gasteiger partial charge in [-0.25, -0.2) is 0 Å². The number of hydrogen-bond donors (Lipinski definition) is 0. The normalized spacial score (nSPS) is 16.9. The maximum Gasteiger partial charge on any atom is 0.0913 e. The van der Waals surface area contributed by atoms with Crippen LogP contribution >= 0.6 is 0 Å². The Bertz CT molecular complexity index is 530. The SMILES string of the molecule is CC(C)(C)c1c(C2CC2)nn2ncccc12. The molecular formula is C13H17N3. The summed E-state index contributed by atoms with van der Waals surface area (Å²) in [6, 6.07) is 4.11. The average molecular weight is 215 g/mol. The maximum absolute atomic E-state index is 4.65. The van der Waals surface area contributed by atoms with Crippen LogP contribution in [-0.4, -0.2) is 14.8 Å². The fraction of sp³-hybridized carbons (Fsp3) is 0.538. The quantitative estimate of drug-likeness (QED) is 0.732. The van der Waals surface area contributed by atoms with Crippen LogP contribution in [0.15, 0.2) is 18.3 Å². The van der Waals surface area contributed by atoms with Gasteiger partial charge in [-0.1, -0.05) is 20.8 Å². The van der Waals surface area contributed by atoms with Crippen molar-refractivity contribution in [3.63, 3.8) is 0 Å². The highest BCUT2D eigenvalue weighted by atomic mass is 15.4. The van der Waals surface area contributed by atoms with Gasteiger partial charge in [-0.2, -0.15) is 14.8 Å². The van der Waals surface area contributed by atoms with Crippen LogP contribution in [0, 0.1) is 0 Å². The van der Waals surface area contributed by atoms with Gasteiger partial charge in [0.2, 0.25) is 0 Å². The third-order valence-corrected chi connectivity index (χ3v) is 3.16. The lowest BCUT2D eigenvalue weighted by molar-refractivity contribution is 0.587. The fourth-order valence-corrected chi connectivity index (χ4v) is 2.32. The molecule has 3 heteroatoms. The Balaban J connectivity index is 2.31. The van der Waals surface area contributed by atoms with Crippen LogP contribution in [0.25, 0.3) is 5.52 Å². The van der Waals surface area contributed by atoms with E-state index in [9.17, 15) is 0 Å². The lowest BCUT2D eigenvalue weighted by atomic mass is 9.85. The molecule has 0 aromatic carbocycles. The second-order valence-electron chi connectivity index (χ2n) is 5.68. The van der Waals surface area contributed by atoms with E-state index in [-0.39, 0.29) is 5.41 Å². The smallest absolute Gasteiger partial charge is 0.0913 e. The zero-order chi connectivity index (χ0) is 11.3. The second-order valence-corrected chi connectivity index (χ2v) is 5.68. The Morgan fingerprint density at radius 1 is 1.31 bits per heavy atom. The summed E-state index contributed by atoms with van der Waals surface area (Å²) < 4.78 is 1.79. The second kappa shape index (κ2) is 3.06. The van der Waals surface area contributed by atoms with Gasteiger partial charge in [0.15, 0.2) is 0 Å². The molecule has 1 fully saturated rings. The average Bonchev–Trinajstić information content (AvgIpc) is 2.96. The molecule has 2 aromatic heterocycles. The molecule has 0 bridgehead atoms. The van der Waals surface area contributed by atoms with Gasteiger partial charge in [0.05, 0.1) is 11.2 Å². The molecule has 0 amide bonds. The zero-order valence-electron chi connectivity index (χ0n) is 10.1. The van der Waals surface area contributed by atoms with Crippen LogP contribution in [0.5, 0.6) is 0 Å². The first-order valence-electron chi connectivity index (χ1n) is 5.92. The summed E-state index contributed by atoms with van der Waals surface area (Å²) in [7, 11) is 0. The van der Waals surface area contributed by atoms with Crippen molar-refractivity contribution in [3.05, 3.63) is 29.6 Å². The predicted octanol–water partition coefficient (Wildman–Crippen LogP) is 2.90. The van der Waals surface area contributed by atoms with E-state index in [1.807, 2.05) is 6.07 Å². The molecule has 0 radical (unpaired) electrons. The summed E-state index contributed by atoms with van der Waals surface area (Å²) in [6.45, 7) is 6.76. The van der Waals surface area contributed by atoms with E-state index in [0.717, 1.165) is 5.52 Å². The molecule has 0 aliphatic heterocycles. The molecule has 2 heterocycles. The third kappa shape index (κ3) is 1.42. The van der Waals surface area contributed by atoms with Crippen molar-refractivity contribution in [3.8, 4) is 0 Å². The van der Waals surface area contributed by atoms with Crippen LogP contribution in [-0.2, 0) is 5.41 Å². The highest BCUT2D eigenvalue weighted by Crippen LogP contribution is 2.44. The minimum atomic E-state index is 0.142. The first-order chi connectivity index (χ1) is 7.57. The molecule has 2 aromatic rings. The van der Waals surface area contributed by atoms with E-state index in [0.29, 0.717) is 5.92 Å². The number of fused-ring (bicyclic) bond motifs is 1. The molecule has 3 rings (SSSR count). The van der Waals surface area contributed by atoms with E-state index in [1.165, 1.54) is 24.1 Å². The zero-order valence-corrected chi connectivity index (χ0v) is 10.1. The largest absolute Gasteiger partial charge is 0.159 e. The lowest BCUT2D eigenvalue weighted by Crippen LogP contribution is -2.13. The number of aromatic nitrogens is 3. The van der Waals surface area contributed by atoms with Crippen LogP contribution in [0.3, 0.4) is 0 Å². The summed E-state index contributed by atoms with van der Waals surface area (Å²) in [5.41, 5.74) is 3.95. The summed E-state index contributed by atoms with van der Waals surface area (Å²) in [5.74, 6) is 0.677. The van der Waals surface area contributed by atoms with Gasteiger partial charge < -0.3 is 0 Å². The standard InChI is InChI=1S/C13H17N3/c1-13(2,3)11-10-5-4-8-14-16(10)15-12(11)9-6-7-9/h4-5,8-9H,6-7H2,1-3H3. The van der Waals surface area contributed by atoms with Gasteiger partial charge in [0.1, 0.15) is 0 Å². The van der Waals surface area contributed by atoms with Crippen molar-refractivity contribution in [2.75, 3.05) is 0 Å². The fourth-order valence-electron chi connectivity index (χ4n) is 2.32. The summed E-state index contributed by atoms with van der Waals surface area (Å²) in [5, 5.41) is 8.94. The molecule has 0 N–H and O–H groups in total. The van der Waals surface area contributed by atoms with Crippen molar-refractivity contribution in [1.29, 1.82) is 0 Å². The Morgan fingerprint density at radius 2 is 2.06 bits per heavy atom. The third-order valence-electron chi connectivity index (χ3n) is 3.16. The van der Waals surface area contributed by atoms with Gasteiger partial charge in [0.25, 0.3) is 0 Å².